The van der Waals surface area contributed by atoms with Crippen molar-refractivity contribution in [3.05, 3.63) is 21.9 Å². The van der Waals surface area contributed by atoms with Gasteiger partial charge in [0.05, 0.1) is 6.04 Å². The number of hydrogen-bond acceptors (Lipinski definition) is 3. The van der Waals surface area contributed by atoms with Gasteiger partial charge in [-0.05, 0) is 18.6 Å². The summed E-state index contributed by atoms with van der Waals surface area (Å²) in [5.41, 5.74) is 11.2. The van der Waals surface area contributed by atoms with Crippen LogP contribution in [-0.2, 0) is 6.42 Å². The van der Waals surface area contributed by atoms with Gasteiger partial charge in [0.15, 0.2) is 0 Å². The molecule has 62 valence electrons. The summed E-state index contributed by atoms with van der Waals surface area (Å²) in [7, 11) is 0. The summed E-state index contributed by atoms with van der Waals surface area (Å²) in [5.74, 6) is 0. The molecule has 1 atom stereocenters. The molecule has 3 heteroatoms. The average molecular weight is 170 g/mol. The van der Waals surface area contributed by atoms with Gasteiger partial charge in [0.2, 0.25) is 0 Å². The molecule has 0 aromatic carbocycles. The van der Waals surface area contributed by atoms with Gasteiger partial charge in [-0.1, -0.05) is 6.92 Å². The van der Waals surface area contributed by atoms with Gasteiger partial charge >= 0.3 is 0 Å². The molecule has 1 unspecified atom stereocenters. The molecular formula is C8H14N2S. The Bertz CT molecular complexity index is 220. The Balaban J connectivity index is 2.71. The number of thiophene rings is 1. The van der Waals surface area contributed by atoms with Crippen molar-refractivity contribution in [1.29, 1.82) is 0 Å². The zero-order chi connectivity index (χ0) is 8.27. The molecule has 0 aliphatic rings. The van der Waals surface area contributed by atoms with Gasteiger partial charge < -0.3 is 11.5 Å². The lowest BCUT2D eigenvalue weighted by molar-refractivity contribution is 0.752. The molecule has 2 nitrogen and oxygen atoms in total. The molecule has 1 heterocycles. The molecule has 1 aromatic heterocycles. The Hall–Kier alpha value is -0.380. The molecular weight excluding hydrogens is 156 g/mol. The molecule has 0 radical (unpaired) electrons. The van der Waals surface area contributed by atoms with E-state index in [4.69, 9.17) is 11.5 Å². The molecule has 11 heavy (non-hydrogen) atoms. The van der Waals surface area contributed by atoms with Crippen molar-refractivity contribution in [2.75, 3.05) is 6.54 Å². The molecule has 0 aliphatic carbocycles. The monoisotopic (exact) mass is 170 g/mol. The predicted molar refractivity (Wildman–Crippen MR) is 49.7 cm³/mol. The number of nitrogens with two attached hydrogens (primary N) is 2. The van der Waals surface area contributed by atoms with Crippen molar-refractivity contribution < 1.29 is 0 Å². The normalized spacial score (nSPS) is 13.4. The minimum absolute atomic E-state index is 0.0281. The van der Waals surface area contributed by atoms with E-state index in [0.717, 1.165) is 6.42 Å². The van der Waals surface area contributed by atoms with Crippen LogP contribution < -0.4 is 11.5 Å². The average Bonchev–Trinajstić information content (AvgIpc) is 2.50. The first-order chi connectivity index (χ1) is 5.27. The summed E-state index contributed by atoms with van der Waals surface area (Å²) in [4.78, 5) is 2.58. The smallest absolute Gasteiger partial charge is 0.0514 e. The number of rotatable bonds is 3. The zero-order valence-corrected chi connectivity index (χ0v) is 7.53. The highest BCUT2D eigenvalue weighted by Gasteiger charge is 2.05. The van der Waals surface area contributed by atoms with Gasteiger partial charge in [0, 0.05) is 16.3 Å². The van der Waals surface area contributed by atoms with Crippen LogP contribution in [0.3, 0.4) is 0 Å². The largest absolute Gasteiger partial charge is 0.329 e. The van der Waals surface area contributed by atoms with Gasteiger partial charge in [-0.15, -0.1) is 11.3 Å². The molecule has 0 amide bonds. The Morgan fingerprint density at radius 2 is 2.27 bits per heavy atom. The lowest BCUT2D eigenvalue weighted by Gasteiger charge is -2.03. The summed E-state index contributed by atoms with van der Waals surface area (Å²) in [6.07, 6.45) is 1.09. The lowest BCUT2D eigenvalue weighted by Crippen LogP contribution is -2.19. The van der Waals surface area contributed by atoms with Crippen molar-refractivity contribution in [2.45, 2.75) is 19.4 Å². The Kier molecular flexibility index (Phi) is 3.05. The first-order valence-electron chi connectivity index (χ1n) is 3.82. The zero-order valence-electron chi connectivity index (χ0n) is 6.71. The van der Waals surface area contributed by atoms with Crippen LogP contribution >= 0.6 is 11.3 Å². The topological polar surface area (TPSA) is 52.0 Å². The van der Waals surface area contributed by atoms with E-state index in [1.54, 1.807) is 11.3 Å². The third kappa shape index (κ3) is 2.02. The summed E-state index contributed by atoms with van der Waals surface area (Å²) in [6.45, 7) is 2.67. The summed E-state index contributed by atoms with van der Waals surface area (Å²) in [6, 6.07) is 4.22. The van der Waals surface area contributed by atoms with Gasteiger partial charge in [-0.25, -0.2) is 0 Å². The number of hydrogen-bond donors (Lipinski definition) is 2. The highest BCUT2D eigenvalue weighted by Crippen LogP contribution is 2.21. The highest BCUT2D eigenvalue weighted by atomic mass is 32.1. The summed E-state index contributed by atoms with van der Waals surface area (Å²) in [5, 5.41) is 0. The van der Waals surface area contributed by atoms with E-state index in [9.17, 15) is 0 Å². The molecule has 0 spiro atoms. The van der Waals surface area contributed by atoms with Crippen molar-refractivity contribution >= 4 is 11.3 Å². The second-order valence-electron chi connectivity index (χ2n) is 2.50. The highest BCUT2D eigenvalue weighted by molar-refractivity contribution is 7.12. The van der Waals surface area contributed by atoms with Crippen LogP contribution in [0.25, 0.3) is 0 Å². The quantitative estimate of drug-likeness (QED) is 0.717. The van der Waals surface area contributed by atoms with Crippen LogP contribution in [0.15, 0.2) is 12.1 Å². The fraction of sp³-hybridized carbons (Fsp3) is 0.500. The maximum absolute atomic E-state index is 5.75. The van der Waals surface area contributed by atoms with Gasteiger partial charge in [0.1, 0.15) is 0 Å². The van der Waals surface area contributed by atoms with Gasteiger partial charge in [-0.2, -0.15) is 0 Å². The molecule has 0 saturated carbocycles. The van der Waals surface area contributed by atoms with Gasteiger partial charge in [0.25, 0.3) is 0 Å². The maximum Gasteiger partial charge on any atom is 0.0514 e. The van der Waals surface area contributed by atoms with Crippen LogP contribution in [0.1, 0.15) is 22.7 Å². The van der Waals surface area contributed by atoms with E-state index >= 15 is 0 Å². The van der Waals surface area contributed by atoms with Crippen molar-refractivity contribution in [3.8, 4) is 0 Å². The fourth-order valence-corrected chi connectivity index (χ4v) is 1.87. The third-order valence-corrected chi connectivity index (χ3v) is 3.01. The van der Waals surface area contributed by atoms with Crippen LogP contribution in [0.4, 0.5) is 0 Å². The Morgan fingerprint density at radius 3 is 2.73 bits per heavy atom. The standard InChI is InChI=1S/C8H14N2S/c1-2-6-3-4-8(11-6)7(10)5-9/h3-4,7H,2,5,9-10H2,1H3. The molecule has 0 fully saturated rings. The van der Waals surface area contributed by atoms with E-state index in [0.29, 0.717) is 6.54 Å². The Morgan fingerprint density at radius 1 is 1.55 bits per heavy atom. The van der Waals surface area contributed by atoms with Crippen molar-refractivity contribution in [3.63, 3.8) is 0 Å². The Labute approximate surface area is 71.2 Å². The fourth-order valence-electron chi connectivity index (χ4n) is 0.900. The van der Waals surface area contributed by atoms with Crippen LogP contribution in [0.5, 0.6) is 0 Å². The minimum atomic E-state index is 0.0281. The molecule has 1 aromatic rings. The minimum Gasteiger partial charge on any atom is -0.329 e. The van der Waals surface area contributed by atoms with Crippen LogP contribution in [0, 0.1) is 0 Å². The lowest BCUT2D eigenvalue weighted by atomic mass is 10.2. The summed E-state index contributed by atoms with van der Waals surface area (Å²) < 4.78 is 0. The molecule has 4 N–H and O–H groups in total. The predicted octanol–water partition coefficient (Wildman–Crippen LogP) is 1.27. The van der Waals surface area contributed by atoms with Crippen molar-refractivity contribution in [2.24, 2.45) is 11.5 Å². The third-order valence-electron chi connectivity index (χ3n) is 1.65. The molecule has 1 rings (SSSR count). The van der Waals surface area contributed by atoms with E-state index in [1.807, 2.05) is 0 Å². The van der Waals surface area contributed by atoms with E-state index < -0.39 is 0 Å². The molecule has 0 aliphatic heterocycles. The van der Waals surface area contributed by atoms with E-state index in [-0.39, 0.29) is 6.04 Å². The van der Waals surface area contributed by atoms with E-state index in [2.05, 4.69) is 19.1 Å². The molecule has 0 saturated heterocycles. The van der Waals surface area contributed by atoms with E-state index in [1.165, 1.54) is 9.75 Å². The summed E-state index contributed by atoms with van der Waals surface area (Å²) >= 11 is 1.76. The maximum atomic E-state index is 5.75. The van der Waals surface area contributed by atoms with Gasteiger partial charge in [-0.3, -0.25) is 0 Å². The first-order valence-corrected chi connectivity index (χ1v) is 4.63. The second kappa shape index (κ2) is 3.85. The second-order valence-corrected chi connectivity index (χ2v) is 3.70. The first kappa shape index (κ1) is 8.71. The number of aryl methyl sites for hydroxylation is 1. The molecule has 0 bridgehead atoms. The van der Waals surface area contributed by atoms with Crippen molar-refractivity contribution in [1.82, 2.24) is 0 Å². The van der Waals surface area contributed by atoms with Crippen LogP contribution in [0.2, 0.25) is 0 Å². The SMILES string of the molecule is CCc1ccc(C(N)CN)s1. The van der Waals surface area contributed by atoms with Crippen LogP contribution in [-0.4, -0.2) is 6.54 Å².